The fraction of sp³-hybridized carbons (Fsp3) is 0.429. The molecule has 0 radical (unpaired) electrons. The molecule has 0 bridgehead atoms. The van der Waals surface area contributed by atoms with Crippen molar-refractivity contribution in [1.82, 2.24) is 25.6 Å². The van der Waals surface area contributed by atoms with Crippen LogP contribution in [0.1, 0.15) is 23.0 Å². The Morgan fingerprint density at radius 1 is 1.38 bits per heavy atom. The van der Waals surface area contributed by atoms with Gasteiger partial charge in [-0.05, 0) is 24.9 Å². The lowest BCUT2D eigenvalue weighted by Gasteiger charge is -2.29. The third-order valence-corrected chi connectivity index (χ3v) is 4.62. The minimum atomic E-state index is -0.0739. The topological polar surface area (TPSA) is 79.8 Å². The number of piperidine rings is 1. The summed E-state index contributed by atoms with van der Waals surface area (Å²) in [7, 11) is 0. The SMILES string of the molecule is CC1CCNCC1NC(=O)c1cnc(-c2ncccn2)s1. The molecule has 1 saturated heterocycles. The van der Waals surface area contributed by atoms with Gasteiger partial charge in [-0.3, -0.25) is 4.79 Å². The Balaban J connectivity index is 1.69. The summed E-state index contributed by atoms with van der Waals surface area (Å²) in [4.78, 5) is 25.4. The molecule has 1 amide bonds. The summed E-state index contributed by atoms with van der Waals surface area (Å²) in [5.41, 5.74) is 0. The lowest BCUT2D eigenvalue weighted by atomic mass is 9.95. The maximum Gasteiger partial charge on any atom is 0.263 e. The first-order valence-electron chi connectivity index (χ1n) is 6.99. The molecule has 1 aliphatic rings. The van der Waals surface area contributed by atoms with Crippen LogP contribution in [0.2, 0.25) is 0 Å². The standard InChI is InChI=1S/C14H17N5OS/c1-9-3-6-15-7-10(9)19-13(20)11-8-18-14(21-11)12-16-4-2-5-17-12/h2,4-5,8-10,15H,3,6-7H2,1H3,(H,19,20). The predicted octanol–water partition coefficient (Wildman–Crippen LogP) is 1.33. The van der Waals surface area contributed by atoms with Gasteiger partial charge in [0.2, 0.25) is 0 Å². The van der Waals surface area contributed by atoms with E-state index in [1.54, 1.807) is 24.7 Å². The molecule has 0 saturated carbocycles. The second-order valence-electron chi connectivity index (χ2n) is 5.15. The maximum absolute atomic E-state index is 12.3. The molecule has 2 atom stereocenters. The van der Waals surface area contributed by atoms with E-state index in [1.807, 2.05) is 0 Å². The van der Waals surface area contributed by atoms with Crippen LogP contribution >= 0.6 is 11.3 Å². The first kappa shape index (κ1) is 14.1. The van der Waals surface area contributed by atoms with Gasteiger partial charge in [0.1, 0.15) is 4.88 Å². The average molecular weight is 303 g/mol. The monoisotopic (exact) mass is 303 g/mol. The van der Waals surface area contributed by atoms with Crippen LogP contribution < -0.4 is 10.6 Å². The molecule has 3 heterocycles. The summed E-state index contributed by atoms with van der Waals surface area (Å²) >= 11 is 1.32. The van der Waals surface area contributed by atoms with Crippen LogP contribution in [0, 0.1) is 5.92 Å². The molecule has 110 valence electrons. The number of amides is 1. The summed E-state index contributed by atoms with van der Waals surface area (Å²) in [5.74, 6) is 0.963. The number of nitrogens with one attached hydrogen (secondary N) is 2. The van der Waals surface area contributed by atoms with E-state index >= 15 is 0 Å². The number of hydrogen-bond donors (Lipinski definition) is 2. The minimum absolute atomic E-state index is 0.0739. The van der Waals surface area contributed by atoms with E-state index in [0.29, 0.717) is 21.6 Å². The molecule has 7 heteroatoms. The zero-order valence-corrected chi connectivity index (χ0v) is 12.6. The highest BCUT2D eigenvalue weighted by molar-refractivity contribution is 7.16. The van der Waals surface area contributed by atoms with E-state index in [2.05, 4.69) is 32.5 Å². The highest BCUT2D eigenvalue weighted by Gasteiger charge is 2.24. The first-order chi connectivity index (χ1) is 10.2. The van der Waals surface area contributed by atoms with Crippen molar-refractivity contribution in [3.8, 4) is 10.8 Å². The van der Waals surface area contributed by atoms with Crippen molar-refractivity contribution in [2.24, 2.45) is 5.92 Å². The number of carbonyl (C=O) groups is 1. The van der Waals surface area contributed by atoms with Gasteiger partial charge in [-0.1, -0.05) is 6.92 Å². The van der Waals surface area contributed by atoms with E-state index < -0.39 is 0 Å². The van der Waals surface area contributed by atoms with Crippen molar-refractivity contribution in [3.63, 3.8) is 0 Å². The van der Waals surface area contributed by atoms with Crippen LogP contribution in [0.15, 0.2) is 24.7 Å². The van der Waals surface area contributed by atoms with Gasteiger partial charge in [0, 0.05) is 25.0 Å². The summed E-state index contributed by atoms with van der Waals surface area (Å²) in [5, 5.41) is 7.05. The minimum Gasteiger partial charge on any atom is -0.347 e. The number of aromatic nitrogens is 3. The van der Waals surface area contributed by atoms with Crippen LogP contribution in [0.3, 0.4) is 0 Å². The molecule has 2 aromatic rings. The number of nitrogens with zero attached hydrogens (tertiary/aromatic N) is 3. The van der Waals surface area contributed by atoms with Gasteiger partial charge in [0.15, 0.2) is 10.8 Å². The first-order valence-corrected chi connectivity index (χ1v) is 7.80. The highest BCUT2D eigenvalue weighted by atomic mass is 32.1. The molecule has 0 aliphatic carbocycles. The number of carbonyl (C=O) groups excluding carboxylic acids is 1. The second kappa shape index (κ2) is 6.28. The maximum atomic E-state index is 12.3. The van der Waals surface area contributed by atoms with Gasteiger partial charge in [-0.15, -0.1) is 11.3 Å². The molecule has 21 heavy (non-hydrogen) atoms. The molecule has 0 spiro atoms. The normalized spacial score (nSPS) is 22.0. The molecule has 3 rings (SSSR count). The van der Waals surface area contributed by atoms with Crippen LogP contribution in [0.4, 0.5) is 0 Å². The van der Waals surface area contributed by atoms with Crippen LogP contribution in [0.5, 0.6) is 0 Å². The summed E-state index contributed by atoms with van der Waals surface area (Å²) in [6.07, 6.45) is 6.00. The van der Waals surface area contributed by atoms with Gasteiger partial charge < -0.3 is 10.6 Å². The quantitative estimate of drug-likeness (QED) is 0.894. The molecule has 1 aliphatic heterocycles. The molecule has 0 aromatic carbocycles. The van der Waals surface area contributed by atoms with Crippen molar-refractivity contribution in [1.29, 1.82) is 0 Å². The van der Waals surface area contributed by atoms with Gasteiger partial charge in [-0.25, -0.2) is 15.0 Å². The van der Waals surface area contributed by atoms with Gasteiger partial charge in [0.25, 0.3) is 5.91 Å². The third kappa shape index (κ3) is 3.25. The molecular formula is C14H17N5OS. The van der Waals surface area contributed by atoms with Gasteiger partial charge in [-0.2, -0.15) is 0 Å². The zero-order valence-electron chi connectivity index (χ0n) is 11.7. The highest BCUT2D eigenvalue weighted by Crippen LogP contribution is 2.22. The predicted molar refractivity (Wildman–Crippen MR) is 81.0 cm³/mol. The van der Waals surface area contributed by atoms with E-state index in [1.165, 1.54) is 11.3 Å². The molecule has 6 nitrogen and oxygen atoms in total. The summed E-state index contributed by atoms with van der Waals surface area (Å²) in [6.45, 7) is 4.01. The fourth-order valence-corrected chi connectivity index (χ4v) is 3.08. The van der Waals surface area contributed by atoms with Gasteiger partial charge in [0.05, 0.1) is 6.20 Å². The molecule has 1 fully saturated rings. The number of thiazole rings is 1. The average Bonchev–Trinajstić information content (AvgIpc) is 3.00. The lowest BCUT2D eigenvalue weighted by molar-refractivity contribution is 0.0919. The zero-order chi connectivity index (χ0) is 14.7. The summed E-state index contributed by atoms with van der Waals surface area (Å²) in [6, 6.07) is 1.92. The van der Waals surface area contributed by atoms with Crippen molar-refractivity contribution in [3.05, 3.63) is 29.5 Å². The molecule has 2 N–H and O–H groups in total. The van der Waals surface area contributed by atoms with Crippen molar-refractivity contribution in [2.75, 3.05) is 13.1 Å². The Labute approximate surface area is 127 Å². The van der Waals surface area contributed by atoms with Crippen LogP contribution in [-0.4, -0.2) is 40.0 Å². The van der Waals surface area contributed by atoms with Crippen LogP contribution in [0.25, 0.3) is 10.8 Å². The Morgan fingerprint density at radius 2 is 2.19 bits per heavy atom. The second-order valence-corrected chi connectivity index (χ2v) is 6.18. The Hall–Kier alpha value is -1.86. The van der Waals surface area contributed by atoms with E-state index in [4.69, 9.17) is 0 Å². The Morgan fingerprint density at radius 3 is 2.95 bits per heavy atom. The number of hydrogen-bond acceptors (Lipinski definition) is 6. The van der Waals surface area contributed by atoms with E-state index in [-0.39, 0.29) is 11.9 Å². The molecule has 2 aromatic heterocycles. The fourth-order valence-electron chi connectivity index (χ4n) is 2.31. The molecular weight excluding hydrogens is 286 g/mol. The third-order valence-electron chi connectivity index (χ3n) is 3.63. The Bertz CT molecular complexity index is 615. The van der Waals surface area contributed by atoms with Crippen molar-refractivity contribution < 1.29 is 4.79 Å². The molecule has 2 unspecified atom stereocenters. The van der Waals surface area contributed by atoms with Crippen LogP contribution in [-0.2, 0) is 0 Å². The Kier molecular flexibility index (Phi) is 4.21. The lowest BCUT2D eigenvalue weighted by Crippen LogP contribution is -2.50. The largest absolute Gasteiger partial charge is 0.347 e. The van der Waals surface area contributed by atoms with Crippen molar-refractivity contribution in [2.45, 2.75) is 19.4 Å². The van der Waals surface area contributed by atoms with E-state index in [9.17, 15) is 4.79 Å². The van der Waals surface area contributed by atoms with Crippen molar-refractivity contribution >= 4 is 17.2 Å². The number of rotatable bonds is 3. The van der Waals surface area contributed by atoms with E-state index in [0.717, 1.165) is 19.5 Å². The smallest absolute Gasteiger partial charge is 0.263 e. The van der Waals surface area contributed by atoms with Gasteiger partial charge >= 0.3 is 0 Å². The summed E-state index contributed by atoms with van der Waals surface area (Å²) < 4.78 is 0.